The van der Waals surface area contributed by atoms with Gasteiger partial charge in [-0.2, -0.15) is 5.26 Å². The van der Waals surface area contributed by atoms with Crippen LogP contribution in [0.3, 0.4) is 0 Å². The zero-order chi connectivity index (χ0) is 18.0. The fourth-order valence-corrected chi connectivity index (χ4v) is 3.60. The molecule has 2 aromatic rings. The van der Waals surface area contributed by atoms with E-state index in [4.69, 9.17) is 10.00 Å². The molecule has 4 heteroatoms. The van der Waals surface area contributed by atoms with E-state index in [2.05, 4.69) is 25.1 Å². The maximum absolute atomic E-state index is 12.8. The molecule has 0 aliphatic carbocycles. The van der Waals surface area contributed by atoms with Crippen LogP contribution < -0.4 is 9.64 Å². The van der Waals surface area contributed by atoms with E-state index in [9.17, 15) is 4.79 Å². The van der Waals surface area contributed by atoms with Gasteiger partial charge in [-0.3, -0.25) is 4.79 Å². The highest BCUT2D eigenvalue weighted by Gasteiger charge is 2.32. The highest BCUT2D eigenvalue weighted by Crippen LogP contribution is 2.41. The highest BCUT2D eigenvalue weighted by atomic mass is 16.5. The molecule has 0 aromatic heterocycles. The van der Waals surface area contributed by atoms with E-state index in [0.29, 0.717) is 19.4 Å². The third-order valence-electron chi connectivity index (χ3n) is 4.74. The summed E-state index contributed by atoms with van der Waals surface area (Å²) in [4.78, 5) is 14.7. The van der Waals surface area contributed by atoms with E-state index in [0.717, 1.165) is 33.7 Å². The summed E-state index contributed by atoms with van der Waals surface area (Å²) in [6.45, 7) is 4.62. The number of carbonyl (C=O) groups excluding carboxylic acids is 1. The first-order chi connectivity index (χ1) is 12.0. The second-order valence-corrected chi connectivity index (χ2v) is 6.61. The zero-order valence-electron chi connectivity index (χ0n) is 14.9. The van der Waals surface area contributed by atoms with Gasteiger partial charge in [-0.15, -0.1) is 0 Å². The van der Waals surface area contributed by atoms with Crippen molar-refractivity contribution in [3.05, 3.63) is 58.7 Å². The van der Waals surface area contributed by atoms with Crippen molar-refractivity contribution >= 4 is 11.6 Å². The standard InChI is InChI=1S/C21H22N2O2/c1-14-10-15(2)21-19(11-14)17(8-9-22)12-20(24)23(21)13-16-4-6-18(25-3)7-5-16/h4-7,10-11,17H,8,12-13H2,1-3H3/t17-/m0/s1. The van der Waals surface area contributed by atoms with E-state index in [1.807, 2.05) is 36.1 Å². The molecule has 0 N–H and O–H groups in total. The number of aryl methyl sites for hydroxylation is 2. The van der Waals surface area contributed by atoms with Crippen molar-refractivity contribution < 1.29 is 9.53 Å². The third-order valence-corrected chi connectivity index (χ3v) is 4.74. The summed E-state index contributed by atoms with van der Waals surface area (Å²) in [6.07, 6.45) is 0.762. The molecule has 25 heavy (non-hydrogen) atoms. The van der Waals surface area contributed by atoms with Crippen molar-refractivity contribution in [2.75, 3.05) is 12.0 Å². The topological polar surface area (TPSA) is 53.3 Å². The lowest BCUT2D eigenvalue weighted by Gasteiger charge is -2.35. The third kappa shape index (κ3) is 3.36. The summed E-state index contributed by atoms with van der Waals surface area (Å²) < 4.78 is 5.20. The minimum Gasteiger partial charge on any atom is -0.497 e. The average Bonchev–Trinajstić information content (AvgIpc) is 2.59. The van der Waals surface area contributed by atoms with E-state index < -0.39 is 0 Å². The van der Waals surface area contributed by atoms with Crippen molar-refractivity contribution in [2.45, 2.75) is 39.2 Å². The predicted molar refractivity (Wildman–Crippen MR) is 97.7 cm³/mol. The van der Waals surface area contributed by atoms with Crippen molar-refractivity contribution in [1.29, 1.82) is 5.26 Å². The number of carbonyl (C=O) groups is 1. The van der Waals surface area contributed by atoms with E-state index in [1.165, 1.54) is 0 Å². The molecule has 0 saturated heterocycles. The van der Waals surface area contributed by atoms with Gasteiger partial charge in [0.05, 0.1) is 25.4 Å². The number of hydrogen-bond donors (Lipinski definition) is 0. The Bertz CT molecular complexity index is 834. The van der Waals surface area contributed by atoms with Gasteiger partial charge in [-0.25, -0.2) is 0 Å². The zero-order valence-corrected chi connectivity index (χ0v) is 14.9. The molecule has 3 rings (SSSR count). The summed E-state index contributed by atoms with van der Waals surface area (Å²) in [6, 6.07) is 14.2. The van der Waals surface area contributed by atoms with Gasteiger partial charge in [0.1, 0.15) is 5.75 Å². The monoisotopic (exact) mass is 334 g/mol. The Hall–Kier alpha value is -2.80. The van der Waals surface area contributed by atoms with E-state index in [-0.39, 0.29) is 11.8 Å². The normalized spacial score (nSPS) is 16.3. The predicted octanol–water partition coefficient (Wildman–Crippen LogP) is 4.25. The van der Waals surface area contributed by atoms with Crippen LogP contribution in [-0.2, 0) is 11.3 Å². The molecule has 128 valence electrons. The maximum Gasteiger partial charge on any atom is 0.227 e. The van der Waals surface area contributed by atoms with Crippen molar-refractivity contribution in [2.24, 2.45) is 0 Å². The Kier molecular flexibility index (Phi) is 4.76. The molecule has 1 aliphatic heterocycles. The van der Waals surface area contributed by atoms with Crippen LogP contribution in [0.4, 0.5) is 5.69 Å². The molecule has 0 radical (unpaired) electrons. The number of benzene rings is 2. The number of anilines is 1. The lowest BCUT2D eigenvalue weighted by molar-refractivity contribution is -0.119. The van der Waals surface area contributed by atoms with E-state index in [1.54, 1.807) is 7.11 Å². The van der Waals surface area contributed by atoms with Crippen molar-refractivity contribution in [3.63, 3.8) is 0 Å². The fraction of sp³-hybridized carbons (Fsp3) is 0.333. The molecule has 0 spiro atoms. The summed E-state index contributed by atoms with van der Waals surface area (Å²) in [7, 11) is 1.64. The number of fused-ring (bicyclic) bond motifs is 1. The molecule has 0 unspecified atom stereocenters. The minimum absolute atomic E-state index is 0.0155. The molecule has 0 saturated carbocycles. The molecule has 0 fully saturated rings. The SMILES string of the molecule is COc1ccc(CN2C(=O)C[C@H](CC#N)c3cc(C)cc(C)c32)cc1. The molecule has 1 atom stereocenters. The summed E-state index contributed by atoms with van der Waals surface area (Å²) >= 11 is 0. The fourth-order valence-electron chi connectivity index (χ4n) is 3.60. The number of nitriles is 1. The first kappa shape index (κ1) is 17.0. The molecule has 1 aliphatic rings. The van der Waals surface area contributed by atoms with Gasteiger partial charge in [0.15, 0.2) is 0 Å². The van der Waals surface area contributed by atoms with Gasteiger partial charge < -0.3 is 9.64 Å². The van der Waals surface area contributed by atoms with Gasteiger partial charge in [-0.1, -0.05) is 29.8 Å². The quantitative estimate of drug-likeness (QED) is 0.840. The summed E-state index contributed by atoms with van der Waals surface area (Å²) in [5, 5.41) is 9.13. The number of hydrogen-bond acceptors (Lipinski definition) is 3. The maximum atomic E-state index is 12.8. The van der Waals surface area contributed by atoms with Gasteiger partial charge in [0.25, 0.3) is 0 Å². The summed E-state index contributed by atoms with van der Waals surface area (Å²) in [5.41, 5.74) is 5.39. The molecule has 1 heterocycles. The number of rotatable bonds is 4. The lowest BCUT2D eigenvalue weighted by atomic mass is 9.84. The number of ether oxygens (including phenoxy) is 1. The smallest absolute Gasteiger partial charge is 0.227 e. The highest BCUT2D eigenvalue weighted by molar-refractivity contribution is 5.98. The first-order valence-electron chi connectivity index (χ1n) is 8.45. The Balaban J connectivity index is 2.00. The van der Waals surface area contributed by atoms with Gasteiger partial charge in [0, 0.05) is 18.8 Å². The summed E-state index contributed by atoms with van der Waals surface area (Å²) in [5.74, 6) is 0.865. The number of methoxy groups -OCH3 is 1. The van der Waals surface area contributed by atoms with Crippen LogP contribution in [0.25, 0.3) is 0 Å². The molecular formula is C21H22N2O2. The second kappa shape index (κ2) is 6.98. The van der Waals surface area contributed by atoms with Crippen LogP contribution in [0.15, 0.2) is 36.4 Å². The Morgan fingerprint density at radius 3 is 2.60 bits per heavy atom. The molecule has 2 aromatic carbocycles. The molecule has 1 amide bonds. The van der Waals surface area contributed by atoms with Crippen LogP contribution in [0, 0.1) is 25.2 Å². The van der Waals surface area contributed by atoms with Crippen molar-refractivity contribution in [1.82, 2.24) is 0 Å². The average molecular weight is 334 g/mol. The molecular weight excluding hydrogens is 312 g/mol. The minimum atomic E-state index is -0.0155. The largest absolute Gasteiger partial charge is 0.497 e. The molecule has 0 bridgehead atoms. The lowest BCUT2D eigenvalue weighted by Crippen LogP contribution is -2.37. The number of nitrogens with zero attached hydrogens (tertiary/aromatic N) is 2. The van der Waals surface area contributed by atoms with Crippen LogP contribution >= 0.6 is 0 Å². The Morgan fingerprint density at radius 1 is 1.24 bits per heavy atom. The first-order valence-corrected chi connectivity index (χ1v) is 8.45. The van der Waals surface area contributed by atoms with E-state index >= 15 is 0 Å². The van der Waals surface area contributed by atoms with Crippen molar-refractivity contribution in [3.8, 4) is 11.8 Å². The van der Waals surface area contributed by atoms with Gasteiger partial charge in [0.2, 0.25) is 5.91 Å². The van der Waals surface area contributed by atoms with Crippen LogP contribution in [0.2, 0.25) is 0 Å². The van der Waals surface area contributed by atoms with Gasteiger partial charge >= 0.3 is 0 Å². The Labute approximate surface area is 148 Å². The molecule has 4 nitrogen and oxygen atoms in total. The number of amides is 1. The van der Waals surface area contributed by atoms with Crippen LogP contribution in [-0.4, -0.2) is 13.0 Å². The van der Waals surface area contributed by atoms with Gasteiger partial charge in [-0.05, 0) is 42.7 Å². The van der Waals surface area contributed by atoms with Crippen LogP contribution in [0.5, 0.6) is 5.75 Å². The second-order valence-electron chi connectivity index (χ2n) is 6.61. The Morgan fingerprint density at radius 2 is 1.96 bits per heavy atom. The van der Waals surface area contributed by atoms with Crippen LogP contribution in [0.1, 0.15) is 41.0 Å².